The number of halogens is 2. The smallest absolute Gasteiger partial charge is 0.248 e. The van der Waals surface area contributed by atoms with Gasteiger partial charge in [-0.25, -0.2) is 8.78 Å². The van der Waals surface area contributed by atoms with E-state index in [9.17, 15) is 13.9 Å². The van der Waals surface area contributed by atoms with Gasteiger partial charge in [0.2, 0.25) is 5.92 Å². The maximum absolute atomic E-state index is 13.0. The van der Waals surface area contributed by atoms with Crippen LogP contribution in [0.1, 0.15) is 31.2 Å². The molecule has 1 aliphatic rings. The monoisotopic (exact) mass is 227 g/mol. The summed E-state index contributed by atoms with van der Waals surface area (Å²) in [7, 11) is 0. The van der Waals surface area contributed by atoms with Crippen LogP contribution >= 0.6 is 0 Å². The Balaban J connectivity index is 2.21. The second kappa shape index (κ2) is 3.70. The van der Waals surface area contributed by atoms with Crippen LogP contribution in [0.4, 0.5) is 8.78 Å². The molecule has 1 fully saturated rings. The Hall–Kier alpha value is -1.16. The molecule has 1 aromatic carbocycles. The first-order chi connectivity index (χ1) is 7.41. The zero-order valence-electron chi connectivity index (χ0n) is 8.92. The summed E-state index contributed by atoms with van der Waals surface area (Å²) in [6.07, 6.45) is 0.144. The molecule has 3 N–H and O–H groups in total. The normalized spacial score (nSPS) is 22.9. The van der Waals surface area contributed by atoms with Gasteiger partial charge >= 0.3 is 0 Å². The van der Waals surface area contributed by atoms with Crippen LogP contribution < -0.4 is 5.73 Å². The van der Waals surface area contributed by atoms with Crippen molar-refractivity contribution in [2.45, 2.75) is 37.1 Å². The highest BCUT2D eigenvalue weighted by atomic mass is 19.3. The zero-order valence-corrected chi connectivity index (χ0v) is 8.92. The minimum absolute atomic E-state index is 0.125. The fraction of sp³-hybridized carbons (Fsp3) is 0.500. The van der Waals surface area contributed by atoms with Gasteiger partial charge in [0.25, 0.3) is 0 Å². The van der Waals surface area contributed by atoms with Crippen molar-refractivity contribution in [1.29, 1.82) is 0 Å². The van der Waals surface area contributed by atoms with Gasteiger partial charge < -0.3 is 10.8 Å². The number of phenolic OH excluding ortho intramolecular Hbond substituents is 1. The highest BCUT2D eigenvalue weighted by Gasteiger charge is 2.42. The Bertz CT molecular complexity index is 382. The van der Waals surface area contributed by atoms with E-state index in [2.05, 4.69) is 0 Å². The minimum Gasteiger partial charge on any atom is -0.508 e. The average Bonchev–Trinajstić information content (AvgIpc) is 2.23. The summed E-state index contributed by atoms with van der Waals surface area (Å²) in [5.41, 5.74) is 6.14. The number of benzene rings is 1. The van der Waals surface area contributed by atoms with Crippen molar-refractivity contribution in [2.24, 2.45) is 5.73 Å². The third-order valence-corrected chi connectivity index (χ3v) is 3.29. The van der Waals surface area contributed by atoms with Gasteiger partial charge in [-0.15, -0.1) is 0 Å². The van der Waals surface area contributed by atoms with Gasteiger partial charge in [0.05, 0.1) is 0 Å². The van der Waals surface area contributed by atoms with E-state index in [1.807, 2.05) is 0 Å². The number of hydrogen-bond acceptors (Lipinski definition) is 2. The minimum atomic E-state index is -2.58. The molecule has 0 aliphatic heterocycles. The van der Waals surface area contributed by atoms with Crippen molar-refractivity contribution in [3.05, 3.63) is 29.8 Å². The first-order valence-corrected chi connectivity index (χ1v) is 5.38. The Morgan fingerprint density at radius 3 is 2.31 bits per heavy atom. The van der Waals surface area contributed by atoms with Crippen molar-refractivity contribution >= 4 is 0 Å². The Morgan fingerprint density at radius 1 is 1.12 bits per heavy atom. The van der Waals surface area contributed by atoms with Gasteiger partial charge in [0.15, 0.2) is 0 Å². The van der Waals surface area contributed by atoms with Crippen molar-refractivity contribution < 1.29 is 13.9 Å². The molecule has 1 saturated carbocycles. The summed E-state index contributed by atoms with van der Waals surface area (Å²) in [5.74, 6) is -2.46. The maximum Gasteiger partial charge on any atom is 0.248 e. The lowest BCUT2D eigenvalue weighted by Gasteiger charge is -2.37. The number of alkyl halides is 2. The average molecular weight is 227 g/mol. The molecule has 88 valence electrons. The van der Waals surface area contributed by atoms with Gasteiger partial charge in [0, 0.05) is 18.4 Å². The quantitative estimate of drug-likeness (QED) is 0.774. The second-order valence-corrected chi connectivity index (χ2v) is 4.56. The molecule has 4 heteroatoms. The molecule has 0 amide bonds. The highest BCUT2D eigenvalue weighted by molar-refractivity contribution is 5.32. The number of aromatic hydroxyl groups is 1. The molecule has 1 aromatic rings. The van der Waals surface area contributed by atoms with E-state index >= 15 is 0 Å². The third kappa shape index (κ3) is 2.16. The van der Waals surface area contributed by atoms with Crippen LogP contribution in [0, 0.1) is 0 Å². The summed E-state index contributed by atoms with van der Waals surface area (Å²) in [6.45, 7) is 0. The van der Waals surface area contributed by atoms with Gasteiger partial charge in [-0.2, -0.15) is 0 Å². The van der Waals surface area contributed by atoms with Crippen LogP contribution in [0.3, 0.4) is 0 Å². The fourth-order valence-electron chi connectivity index (χ4n) is 2.17. The number of phenols is 1. The molecule has 2 nitrogen and oxygen atoms in total. The Morgan fingerprint density at radius 2 is 1.75 bits per heavy atom. The molecule has 0 saturated heterocycles. The first kappa shape index (κ1) is 11.3. The largest absolute Gasteiger partial charge is 0.508 e. The van der Waals surface area contributed by atoms with E-state index in [-0.39, 0.29) is 31.4 Å². The Labute approximate surface area is 93.1 Å². The standard InChI is InChI=1S/C12H15F2NO/c13-12(14)6-4-11(15,5-7-12)9-2-1-3-10(16)8-9/h1-3,8,16H,4-7,15H2. The van der Waals surface area contributed by atoms with E-state index in [0.29, 0.717) is 0 Å². The maximum atomic E-state index is 13.0. The molecule has 0 bridgehead atoms. The lowest BCUT2D eigenvalue weighted by Crippen LogP contribution is -2.43. The van der Waals surface area contributed by atoms with Crippen molar-refractivity contribution in [1.82, 2.24) is 0 Å². The van der Waals surface area contributed by atoms with Crippen molar-refractivity contribution in [2.75, 3.05) is 0 Å². The molecular weight excluding hydrogens is 212 g/mol. The second-order valence-electron chi connectivity index (χ2n) is 4.56. The van der Waals surface area contributed by atoms with Gasteiger partial charge in [0.1, 0.15) is 5.75 Å². The van der Waals surface area contributed by atoms with E-state index in [1.54, 1.807) is 24.3 Å². The molecule has 0 radical (unpaired) electrons. The molecule has 16 heavy (non-hydrogen) atoms. The van der Waals surface area contributed by atoms with Crippen LogP contribution in [-0.2, 0) is 5.54 Å². The van der Waals surface area contributed by atoms with E-state index in [0.717, 1.165) is 5.56 Å². The number of nitrogens with two attached hydrogens (primary N) is 1. The Kier molecular flexibility index (Phi) is 2.62. The fourth-order valence-corrected chi connectivity index (χ4v) is 2.17. The summed E-state index contributed by atoms with van der Waals surface area (Å²) in [6, 6.07) is 6.57. The molecule has 1 aliphatic carbocycles. The van der Waals surface area contributed by atoms with Crippen LogP contribution in [0.25, 0.3) is 0 Å². The summed E-state index contributed by atoms with van der Waals surface area (Å²) in [5, 5.41) is 9.36. The predicted octanol–water partition coefficient (Wildman–Crippen LogP) is 2.76. The third-order valence-electron chi connectivity index (χ3n) is 3.29. The van der Waals surface area contributed by atoms with Crippen LogP contribution in [0.15, 0.2) is 24.3 Å². The summed E-state index contributed by atoms with van der Waals surface area (Å²) >= 11 is 0. The zero-order chi connectivity index (χ0) is 11.8. The topological polar surface area (TPSA) is 46.2 Å². The lowest BCUT2D eigenvalue weighted by molar-refractivity contribution is -0.0514. The number of hydrogen-bond donors (Lipinski definition) is 2. The summed E-state index contributed by atoms with van der Waals surface area (Å²) < 4.78 is 26.1. The van der Waals surface area contributed by atoms with E-state index in [1.165, 1.54) is 0 Å². The van der Waals surface area contributed by atoms with Gasteiger partial charge in [-0.1, -0.05) is 12.1 Å². The number of rotatable bonds is 1. The lowest BCUT2D eigenvalue weighted by atomic mass is 9.76. The summed E-state index contributed by atoms with van der Waals surface area (Å²) in [4.78, 5) is 0. The molecule has 0 spiro atoms. The van der Waals surface area contributed by atoms with Crippen LogP contribution in [0.5, 0.6) is 5.75 Å². The van der Waals surface area contributed by atoms with E-state index < -0.39 is 11.5 Å². The molecule has 0 atom stereocenters. The first-order valence-electron chi connectivity index (χ1n) is 5.38. The molecular formula is C12H15F2NO. The van der Waals surface area contributed by atoms with Gasteiger partial charge in [-0.05, 0) is 30.5 Å². The molecule has 0 heterocycles. The van der Waals surface area contributed by atoms with Gasteiger partial charge in [-0.3, -0.25) is 0 Å². The van der Waals surface area contributed by atoms with E-state index in [4.69, 9.17) is 5.73 Å². The highest BCUT2D eigenvalue weighted by Crippen LogP contribution is 2.42. The SMILES string of the molecule is NC1(c2cccc(O)c2)CCC(F)(F)CC1. The molecule has 0 aromatic heterocycles. The van der Waals surface area contributed by atoms with Crippen LogP contribution in [0.2, 0.25) is 0 Å². The molecule has 0 unspecified atom stereocenters. The van der Waals surface area contributed by atoms with Crippen molar-refractivity contribution in [3.8, 4) is 5.75 Å². The predicted molar refractivity (Wildman–Crippen MR) is 57.4 cm³/mol. The van der Waals surface area contributed by atoms with Crippen molar-refractivity contribution in [3.63, 3.8) is 0 Å². The molecule has 2 rings (SSSR count). The van der Waals surface area contributed by atoms with Crippen LogP contribution in [-0.4, -0.2) is 11.0 Å².